The van der Waals surface area contributed by atoms with Gasteiger partial charge in [-0.3, -0.25) is 4.79 Å². The number of hydrogen-bond acceptors (Lipinski definition) is 2. The van der Waals surface area contributed by atoms with E-state index in [0.717, 1.165) is 25.7 Å². The predicted molar refractivity (Wildman–Crippen MR) is 69.5 cm³/mol. The number of likely N-dealkylation sites (tertiary alicyclic amines) is 1. The highest BCUT2D eigenvalue weighted by Crippen LogP contribution is 2.47. The minimum absolute atomic E-state index is 0.223. The first kappa shape index (κ1) is 12.9. The van der Waals surface area contributed by atoms with E-state index in [4.69, 9.17) is 5.73 Å². The second-order valence-electron chi connectivity index (χ2n) is 6.34. The van der Waals surface area contributed by atoms with Crippen molar-refractivity contribution in [2.75, 3.05) is 6.54 Å². The van der Waals surface area contributed by atoms with Gasteiger partial charge in [-0.05, 0) is 51.9 Å². The molecule has 2 fully saturated rings. The fourth-order valence-corrected chi connectivity index (χ4v) is 3.80. The van der Waals surface area contributed by atoms with E-state index in [9.17, 15) is 4.79 Å². The lowest BCUT2D eigenvalue weighted by Gasteiger charge is -2.50. The minimum atomic E-state index is -0.223. The number of piperidine rings is 1. The molecule has 17 heavy (non-hydrogen) atoms. The standard InChI is InChI=1S/C14H26N2O/c1-10-7-14(8-10,9-15)13(17)16-11(2)5-4-6-12(16)3/h10-12H,4-9,15H2,1-3H3. The third-order valence-corrected chi connectivity index (χ3v) is 4.75. The van der Waals surface area contributed by atoms with E-state index in [0.29, 0.717) is 30.5 Å². The molecule has 0 aromatic carbocycles. The van der Waals surface area contributed by atoms with Gasteiger partial charge in [0.15, 0.2) is 0 Å². The third kappa shape index (κ3) is 2.10. The van der Waals surface area contributed by atoms with E-state index in [-0.39, 0.29) is 5.41 Å². The summed E-state index contributed by atoms with van der Waals surface area (Å²) in [6, 6.07) is 0.788. The Hall–Kier alpha value is -0.570. The van der Waals surface area contributed by atoms with Crippen LogP contribution in [0.1, 0.15) is 52.9 Å². The predicted octanol–water partition coefficient (Wildman–Crippen LogP) is 2.15. The summed E-state index contributed by atoms with van der Waals surface area (Å²) in [4.78, 5) is 14.9. The van der Waals surface area contributed by atoms with E-state index in [1.165, 1.54) is 6.42 Å². The third-order valence-electron chi connectivity index (χ3n) is 4.75. The average Bonchev–Trinajstić information content (AvgIpc) is 2.24. The molecule has 1 aliphatic carbocycles. The lowest BCUT2D eigenvalue weighted by atomic mass is 9.61. The second kappa shape index (κ2) is 4.60. The molecule has 1 heterocycles. The number of rotatable bonds is 2. The maximum Gasteiger partial charge on any atom is 0.230 e. The molecule has 1 amide bonds. The molecule has 1 saturated carbocycles. The van der Waals surface area contributed by atoms with Gasteiger partial charge in [-0.2, -0.15) is 0 Å². The zero-order chi connectivity index (χ0) is 12.6. The number of nitrogens with two attached hydrogens (primary N) is 1. The summed E-state index contributed by atoms with van der Waals surface area (Å²) in [6.07, 6.45) is 5.51. The molecule has 3 heteroatoms. The van der Waals surface area contributed by atoms with Gasteiger partial charge < -0.3 is 10.6 Å². The Balaban J connectivity index is 2.12. The van der Waals surface area contributed by atoms with Gasteiger partial charge in [0.2, 0.25) is 5.91 Å². The summed E-state index contributed by atoms with van der Waals surface area (Å²) in [6.45, 7) is 7.09. The lowest BCUT2D eigenvalue weighted by molar-refractivity contribution is -0.156. The molecule has 0 radical (unpaired) electrons. The smallest absolute Gasteiger partial charge is 0.230 e. The van der Waals surface area contributed by atoms with Crippen molar-refractivity contribution in [3.8, 4) is 0 Å². The summed E-state index contributed by atoms with van der Waals surface area (Å²) in [7, 11) is 0. The molecule has 3 nitrogen and oxygen atoms in total. The van der Waals surface area contributed by atoms with Crippen LogP contribution in [0.3, 0.4) is 0 Å². The van der Waals surface area contributed by atoms with E-state index < -0.39 is 0 Å². The molecule has 2 atom stereocenters. The van der Waals surface area contributed by atoms with Crippen LogP contribution in [0.4, 0.5) is 0 Å². The summed E-state index contributed by atoms with van der Waals surface area (Å²) in [5, 5.41) is 0. The van der Waals surface area contributed by atoms with Gasteiger partial charge in [-0.25, -0.2) is 0 Å². The normalized spacial score (nSPS) is 42.1. The van der Waals surface area contributed by atoms with Crippen LogP contribution in [0.2, 0.25) is 0 Å². The fraction of sp³-hybridized carbons (Fsp3) is 0.929. The summed E-state index contributed by atoms with van der Waals surface area (Å²) in [5.41, 5.74) is 5.66. The Morgan fingerprint density at radius 3 is 2.18 bits per heavy atom. The number of nitrogens with zero attached hydrogens (tertiary/aromatic N) is 1. The lowest BCUT2D eigenvalue weighted by Crippen LogP contribution is -2.59. The highest BCUT2D eigenvalue weighted by Gasteiger charge is 2.50. The molecule has 1 aliphatic heterocycles. The van der Waals surface area contributed by atoms with Gasteiger partial charge >= 0.3 is 0 Å². The zero-order valence-corrected chi connectivity index (χ0v) is 11.4. The largest absolute Gasteiger partial charge is 0.337 e. The van der Waals surface area contributed by atoms with Gasteiger partial charge in [0.1, 0.15) is 0 Å². The zero-order valence-electron chi connectivity index (χ0n) is 11.4. The van der Waals surface area contributed by atoms with Gasteiger partial charge in [0.05, 0.1) is 5.41 Å². The van der Waals surface area contributed by atoms with Crippen molar-refractivity contribution in [1.29, 1.82) is 0 Å². The van der Waals surface area contributed by atoms with Crippen LogP contribution in [0.15, 0.2) is 0 Å². The summed E-state index contributed by atoms with van der Waals surface area (Å²) in [5.74, 6) is 0.996. The van der Waals surface area contributed by atoms with Crippen molar-refractivity contribution >= 4 is 5.91 Å². The number of carbonyl (C=O) groups excluding carboxylic acids is 1. The van der Waals surface area contributed by atoms with Crippen molar-refractivity contribution in [2.45, 2.75) is 65.0 Å². The minimum Gasteiger partial charge on any atom is -0.337 e. The van der Waals surface area contributed by atoms with Crippen LogP contribution in [-0.2, 0) is 4.79 Å². The number of hydrogen-bond donors (Lipinski definition) is 1. The molecule has 2 N–H and O–H groups in total. The average molecular weight is 238 g/mol. The van der Waals surface area contributed by atoms with Crippen molar-refractivity contribution in [1.82, 2.24) is 4.90 Å². The molecule has 2 unspecified atom stereocenters. The van der Waals surface area contributed by atoms with Crippen molar-refractivity contribution in [3.05, 3.63) is 0 Å². The van der Waals surface area contributed by atoms with Crippen LogP contribution in [-0.4, -0.2) is 29.4 Å². The van der Waals surface area contributed by atoms with Gasteiger partial charge in [-0.15, -0.1) is 0 Å². The van der Waals surface area contributed by atoms with Crippen LogP contribution >= 0.6 is 0 Å². The van der Waals surface area contributed by atoms with Gasteiger partial charge in [0, 0.05) is 18.6 Å². The molecule has 98 valence electrons. The maximum atomic E-state index is 12.7. The quantitative estimate of drug-likeness (QED) is 0.801. The Morgan fingerprint density at radius 1 is 1.24 bits per heavy atom. The van der Waals surface area contributed by atoms with Gasteiger partial charge in [-0.1, -0.05) is 6.92 Å². The Kier molecular flexibility index (Phi) is 3.48. The van der Waals surface area contributed by atoms with Crippen LogP contribution in [0.5, 0.6) is 0 Å². The molecule has 2 rings (SSSR count). The first-order valence-electron chi connectivity index (χ1n) is 7.03. The van der Waals surface area contributed by atoms with E-state index in [2.05, 4.69) is 25.7 Å². The Labute approximate surface area is 105 Å². The molecule has 0 aromatic heterocycles. The summed E-state index contributed by atoms with van der Waals surface area (Å²) < 4.78 is 0. The second-order valence-corrected chi connectivity index (χ2v) is 6.34. The first-order chi connectivity index (χ1) is 8.00. The number of carbonyl (C=O) groups is 1. The van der Waals surface area contributed by atoms with Crippen LogP contribution in [0.25, 0.3) is 0 Å². The van der Waals surface area contributed by atoms with Crippen molar-refractivity contribution < 1.29 is 4.79 Å². The monoisotopic (exact) mass is 238 g/mol. The first-order valence-corrected chi connectivity index (χ1v) is 7.03. The molecule has 0 bridgehead atoms. The molecule has 0 aromatic rings. The molecule has 1 saturated heterocycles. The van der Waals surface area contributed by atoms with Crippen molar-refractivity contribution in [2.24, 2.45) is 17.1 Å². The molecule has 2 aliphatic rings. The van der Waals surface area contributed by atoms with E-state index >= 15 is 0 Å². The molecule has 0 spiro atoms. The number of amides is 1. The topological polar surface area (TPSA) is 46.3 Å². The Morgan fingerprint density at radius 2 is 1.76 bits per heavy atom. The highest BCUT2D eigenvalue weighted by molar-refractivity contribution is 5.84. The Bertz CT molecular complexity index is 287. The maximum absolute atomic E-state index is 12.7. The van der Waals surface area contributed by atoms with Gasteiger partial charge in [0.25, 0.3) is 0 Å². The fourth-order valence-electron chi connectivity index (χ4n) is 3.80. The molecular formula is C14H26N2O. The van der Waals surface area contributed by atoms with E-state index in [1.54, 1.807) is 0 Å². The molecular weight excluding hydrogens is 212 g/mol. The summed E-state index contributed by atoms with van der Waals surface area (Å²) >= 11 is 0. The van der Waals surface area contributed by atoms with Crippen molar-refractivity contribution in [3.63, 3.8) is 0 Å². The van der Waals surface area contributed by atoms with E-state index in [1.807, 2.05) is 0 Å². The van der Waals surface area contributed by atoms with Crippen LogP contribution < -0.4 is 5.73 Å². The van der Waals surface area contributed by atoms with Crippen LogP contribution in [0, 0.1) is 11.3 Å². The SMILES string of the molecule is CC1CC(CN)(C(=O)N2C(C)CCCC2C)C1. The highest BCUT2D eigenvalue weighted by atomic mass is 16.2.